The molecule has 0 aliphatic carbocycles. The van der Waals surface area contributed by atoms with E-state index in [0.717, 1.165) is 5.56 Å². The standard InChI is InChI=1S/C18H18N2O4S/c1-11-14-10-12(6-7-15(14)19-18(11)21)25(22,23)20-16-8-9-24-17-5-3-2-4-13(16)17/h2-7,10-11,16,20H,8-9H2,1H3,(H,19,21)/t11-,16+/m0/s1. The van der Waals surface area contributed by atoms with Gasteiger partial charge in [-0.3, -0.25) is 4.79 Å². The molecule has 0 radical (unpaired) electrons. The van der Waals surface area contributed by atoms with Crippen molar-refractivity contribution in [2.24, 2.45) is 0 Å². The van der Waals surface area contributed by atoms with Crippen LogP contribution in [-0.2, 0) is 14.8 Å². The molecule has 2 N–H and O–H groups in total. The summed E-state index contributed by atoms with van der Waals surface area (Å²) >= 11 is 0. The molecule has 130 valence electrons. The zero-order valence-electron chi connectivity index (χ0n) is 13.7. The summed E-state index contributed by atoms with van der Waals surface area (Å²) in [5.74, 6) is 0.239. The molecule has 0 saturated heterocycles. The number of hydrogen-bond acceptors (Lipinski definition) is 4. The molecule has 2 aromatic rings. The van der Waals surface area contributed by atoms with Crippen LogP contribution >= 0.6 is 0 Å². The third kappa shape index (κ3) is 2.79. The molecule has 1 amide bonds. The maximum absolute atomic E-state index is 12.8. The predicted octanol–water partition coefficient (Wildman–Crippen LogP) is 2.54. The Labute approximate surface area is 146 Å². The van der Waals surface area contributed by atoms with Gasteiger partial charge in [-0.1, -0.05) is 18.2 Å². The second-order valence-electron chi connectivity index (χ2n) is 6.31. The van der Waals surface area contributed by atoms with E-state index in [-0.39, 0.29) is 22.8 Å². The van der Waals surface area contributed by atoms with Crippen molar-refractivity contribution in [3.05, 3.63) is 53.6 Å². The molecule has 0 spiro atoms. The van der Waals surface area contributed by atoms with Gasteiger partial charge in [-0.05, 0) is 36.8 Å². The maximum atomic E-state index is 12.8. The largest absolute Gasteiger partial charge is 0.493 e. The molecule has 7 heteroatoms. The Hall–Kier alpha value is -2.38. The molecule has 2 aliphatic heterocycles. The van der Waals surface area contributed by atoms with E-state index in [1.54, 1.807) is 19.1 Å². The number of amides is 1. The molecular weight excluding hydrogens is 340 g/mol. The van der Waals surface area contributed by atoms with Crippen LogP contribution in [0.15, 0.2) is 47.4 Å². The van der Waals surface area contributed by atoms with Crippen LogP contribution in [0, 0.1) is 0 Å². The Balaban J connectivity index is 1.65. The monoisotopic (exact) mass is 358 g/mol. The zero-order valence-corrected chi connectivity index (χ0v) is 14.5. The minimum absolute atomic E-state index is 0.115. The molecule has 2 aliphatic rings. The number of carbonyl (C=O) groups excluding carboxylic acids is 1. The van der Waals surface area contributed by atoms with Crippen molar-refractivity contribution in [2.75, 3.05) is 11.9 Å². The summed E-state index contributed by atoms with van der Waals surface area (Å²) in [5.41, 5.74) is 2.22. The number of benzene rings is 2. The molecule has 2 heterocycles. The number of para-hydroxylation sites is 1. The quantitative estimate of drug-likeness (QED) is 0.883. The van der Waals surface area contributed by atoms with Crippen molar-refractivity contribution in [1.29, 1.82) is 0 Å². The van der Waals surface area contributed by atoms with Crippen LogP contribution in [0.2, 0.25) is 0 Å². The van der Waals surface area contributed by atoms with Crippen LogP contribution < -0.4 is 14.8 Å². The van der Waals surface area contributed by atoms with Crippen LogP contribution in [0.3, 0.4) is 0 Å². The fourth-order valence-electron chi connectivity index (χ4n) is 3.28. The van der Waals surface area contributed by atoms with Crippen LogP contribution in [0.25, 0.3) is 0 Å². The van der Waals surface area contributed by atoms with E-state index in [4.69, 9.17) is 4.74 Å². The molecular formula is C18H18N2O4S. The summed E-state index contributed by atoms with van der Waals surface area (Å²) in [4.78, 5) is 11.9. The minimum Gasteiger partial charge on any atom is -0.493 e. The summed E-state index contributed by atoms with van der Waals surface area (Å²) in [6.45, 7) is 2.23. The molecule has 0 aromatic heterocycles. The highest BCUT2D eigenvalue weighted by Crippen LogP contribution is 2.35. The number of anilines is 1. The number of fused-ring (bicyclic) bond motifs is 2. The summed E-state index contributed by atoms with van der Waals surface area (Å²) in [7, 11) is -3.71. The third-order valence-corrected chi connectivity index (χ3v) is 6.18. The number of sulfonamides is 1. The van der Waals surface area contributed by atoms with Gasteiger partial charge in [-0.2, -0.15) is 0 Å². The first-order valence-corrected chi connectivity index (χ1v) is 9.63. The SMILES string of the molecule is C[C@@H]1C(=O)Nc2ccc(S(=O)(=O)N[C@@H]3CCOc4ccccc43)cc21. The highest BCUT2D eigenvalue weighted by molar-refractivity contribution is 7.89. The number of nitrogens with one attached hydrogen (secondary N) is 2. The topological polar surface area (TPSA) is 84.5 Å². The van der Waals surface area contributed by atoms with Crippen LogP contribution in [0.4, 0.5) is 5.69 Å². The van der Waals surface area contributed by atoms with Crippen LogP contribution in [-0.4, -0.2) is 20.9 Å². The van der Waals surface area contributed by atoms with Gasteiger partial charge in [0.05, 0.1) is 23.5 Å². The molecule has 2 atom stereocenters. The van der Waals surface area contributed by atoms with E-state index < -0.39 is 10.0 Å². The van der Waals surface area contributed by atoms with Crippen molar-refractivity contribution in [3.8, 4) is 5.75 Å². The minimum atomic E-state index is -3.71. The van der Waals surface area contributed by atoms with Crippen molar-refractivity contribution < 1.29 is 17.9 Å². The smallest absolute Gasteiger partial charge is 0.241 e. The Morgan fingerprint density at radius 2 is 1.96 bits per heavy atom. The Morgan fingerprint density at radius 3 is 2.80 bits per heavy atom. The average molecular weight is 358 g/mol. The Morgan fingerprint density at radius 1 is 1.16 bits per heavy atom. The first kappa shape index (κ1) is 16.1. The second kappa shape index (κ2) is 5.86. The van der Waals surface area contributed by atoms with Crippen LogP contribution in [0.5, 0.6) is 5.75 Å². The van der Waals surface area contributed by atoms with E-state index in [0.29, 0.717) is 30.0 Å². The predicted molar refractivity (Wildman–Crippen MR) is 93.1 cm³/mol. The molecule has 0 saturated carbocycles. The fraction of sp³-hybridized carbons (Fsp3) is 0.278. The lowest BCUT2D eigenvalue weighted by Gasteiger charge is -2.26. The number of hydrogen-bond donors (Lipinski definition) is 2. The van der Waals surface area contributed by atoms with E-state index in [1.807, 2.05) is 24.3 Å². The van der Waals surface area contributed by atoms with Crippen molar-refractivity contribution in [1.82, 2.24) is 4.72 Å². The Bertz CT molecular complexity index is 955. The number of ether oxygens (including phenoxy) is 1. The van der Waals surface area contributed by atoms with Gasteiger partial charge in [0.2, 0.25) is 15.9 Å². The fourth-order valence-corrected chi connectivity index (χ4v) is 4.57. The summed E-state index contributed by atoms with van der Waals surface area (Å²) in [6, 6.07) is 11.8. The summed E-state index contributed by atoms with van der Waals surface area (Å²) < 4.78 is 34.0. The second-order valence-corrected chi connectivity index (χ2v) is 8.02. The van der Waals surface area contributed by atoms with Gasteiger partial charge in [0.25, 0.3) is 0 Å². The lowest BCUT2D eigenvalue weighted by atomic mass is 10.0. The molecule has 0 bridgehead atoms. The molecule has 25 heavy (non-hydrogen) atoms. The highest BCUT2D eigenvalue weighted by atomic mass is 32.2. The molecule has 0 fully saturated rings. The van der Waals surface area contributed by atoms with Gasteiger partial charge >= 0.3 is 0 Å². The highest BCUT2D eigenvalue weighted by Gasteiger charge is 2.30. The van der Waals surface area contributed by atoms with Gasteiger partial charge < -0.3 is 10.1 Å². The van der Waals surface area contributed by atoms with Crippen molar-refractivity contribution in [2.45, 2.75) is 30.2 Å². The van der Waals surface area contributed by atoms with Crippen molar-refractivity contribution >= 4 is 21.6 Å². The summed E-state index contributed by atoms with van der Waals surface area (Å²) in [6.07, 6.45) is 0.567. The molecule has 4 rings (SSSR count). The molecule has 2 aromatic carbocycles. The van der Waals surface area contributed by atoms with Gasteiger partial charge in [-0.15, -0.1) is 0 Å². The molecule has 0 unspecified atom stereocenters. The van der Waals surface area contributed by atoms with Gasteiger partial charge in [0.15, 0.2) is 0 Å². The zero-order chi connectivity index (χ0) is 17.6. The average Bonchev–Trinajstić information content (AvgIpc) is 2.89. The molecule has 6 nitrogen and oxygen atoms in total. The maximum Gasteiger partial charge on any atom is 0.241 e. The van der Waals surface area contributed by atoms with E-state index in [1.165, 1.54) is 6.07 Å². The van der Waals surface area contributed by atoms with Crippen molar-refractivity contribution in [3.63, 3.8) is 0 Å². The van der Waals surface area contributed by atoms with Gasteiger partial charge in [-0.25, -0.2) is 13.1 Å². The third-order valence-electron chi connectivity index (χ3n) is 4.71. The van der Waals surface area contributed by atoms with E-state index in [2.05, 4.69) is 10.0 Å². The lowest BCUT2D eigenvalue weighted by Crippen LogP contribution is -2.32. The van der Waals surface area contributed by atoms with Gasteiger partial charge in [0.1, 0.15) is 5.75 Å². The normalized spacial score (nSPS) is 21.9. The summed E-state index contributed by atoms with van der Waals surface area (Å²) in [5, 5.41) is 2.75. The van der Waals surface area contributed by atoms with E-state index >= 15 is 0 Å². The first-order chi connectivity index (χ1) is 12.0. The Kier molecular flexibility index (Phi) is 3.77. The number of carbonyl (C=O) groups is 1. The van der Waals surface area contributed by atoms with Crippen LogP contribution in [0.1, 0.15) is 36.4 Å². The number of rotatable bonds is 3. The van der Waals surface area contributed by atoms with E-state index in [9.17, 15) is 13.2 Å². The van der Waals surface area contributed by atoms with Gasteiger partial charge in [0, 0.05) is 17.7 Å². The first-order valence-electron chi connectivity index (χ1n) is 8.14. The lowest BCUT2D eigenvalue weighted by molar-refractivity contribution is -0.116.